The molecule has 0 atom stereocenters. The van der Waals surface area contributed by atoms with Gasteiger partial charge < -0.3 is 5.32 Å². The quantitative estimate of drug-likeness (QED) is 0.814. The van der Waals surface area contributed by atoms with Crippen LogP contribution in [-0.2, 0) is 6.42 Å². The van der Waals surface area contributed by atoms with Gasteiger partial charge in [0.2, 0.25) is 0 Å². The molecule has 0 fully saturated rings. The minimum atomic E-state index is -0.0300. The molecule has 2 heteroatoms. The summed E-state index contributed by atoms with van der Waals surface area (Å²) in [7, 11) is 1.63. The molecule has 0 saturated carbocycles. The zero-order valence-electron chi connectivity index (χ0n) is 13.4. The number of nitrogens with one attached hydrogen (secondary N) is 1. The standard InChI is InChI=1S/C10H13NO.3C2H6/c1-3-8-4-6-9(7-5-8)10(12)11-2;3*1-2/h4-7H,3H2,1-2H3,(H,11,12);3*1-2H3. The summed E-state index contributed by atoms with van der Waals surface area (Å²) in [6, 6.07) is 7.64. The molecule has 0 heterocycles. The third-order valence-corrected chi connectivity index (χ3v) is 1.85. The highest BCUT2D eigenvalue weighted by atomic mass is 16.1. The summed E-state index contributed by atoms with van der Waals surface area (Å²) in [5.74, 6) is -0.0300. The molecule has 0 aliphatic carbocycles. The Balaban J connectivity index is -0.000000328. The van der Waals surface area contributed by atoms with Crippen molar-refractivity contribution in [1.29, 1.82) is 0 Å². The summed E-state index contributed by atoms with van der Waals surface area (Å²) in [5, 5.41) is 2.58. The number of aryl methyl sites for hydroxylation is 1. The molecule has 0 spiro atoms. The second-order valence-electron chi connectivity index (χ2n) is 2.63. The maximum absolute atomic E-state index is 11.1. The molecule has 0 bridgehead atoms. The number of benzene rings is 1. The van der Waals surface area contributed by atoms with Crippen LogP contribution in [0.25, 0.3) is 0 Å². The molecule has 0 unspecified atom stereocenters. The number of carbonyl (C=O) groups excluding carboxylic acids is 1. The Hall–Kier alpha value is -1.31. The van der Waals surface area contributed by atoms with Gasteiger partial charge >= 0.3 is 0 Å². The summed E-state index contributed by atoms with van der Waals surface area (Å²) in [5.41, 5.74) is 1.97. The molecule has 0 aliphatic heterocycles. The van der Waals surface area contributed by atoms with E-state index in [4.69, 9.17) is 0 Å². The van der Waals surface area contributed by atoms with Crippen LogP contribution in [0.5, 0.6) is 0 Å². The van der Waals surface area contributed by atoms with Crippen molar-refractivity contribution in [3.63, 3.8) is 0 Å². The van der Waals surface area contributed by atoms with Crippen molar-refractivity contribution in [2.24, 2.45) is 0 Å². The average molecular weight is 253 g/mol. The highest BCUT2D eigenvalue weighted by molar-refractivity contribution is 5.93. The van der Waals surface area contributed by atoms with Crippen molar-refractivity contribution in [3.8, 4) is 0 Å². The minimum absolute atomic E-state index is 0.0300. The molecule has 0 aromatic heterocycles. The molecular formula is C16H31NO. The van der Waals surface area contributed by atoms with E-state index in [9.17, 15) is 4.79 Å². The summed E-state index contributed by atoms with van der Waals surface area (Å²) < 4.78 is 0. The third-order valence-electron chi connectivity index (χ3n) is 1.85. The fourth-order valence-corrected chi connectivity index (χ4v) is 1.04. The first kappa shape index (κ1) is 21.9. The first-order valence-corrected chi connectivity index (χ1v) is 7.09. The van der Waals surface area contributed by atoms with Crippen LogP contribution in [0.15, 0.2) is 24.3 Å². The van der Waals surface area contributed by atoms with Crippen LogP contribution in [0.1, 0.15) is 64.4 Å². The molecule has 1 aromatic rings. The Bertz CT molecular complexity index is 265. The first-order valence-electron chi connectivity index (χ1n) is 7.09. The molecule has 0 aliphatic rings. The van der Waals surface area contributed by atoms with Gasteiger partial charge in [-0.05, 0) is 24.1 Å². The lowest BCUT2D eigenvalue weighted by Gasteiger charge is -2.00. The van der Waals surface area contributed by atoms with E-state index in [0.29, 0.717) is 0 Å². The van der Waals surface area contributed by atoms with Crippen LogP contribution in [0.4, 0.5) is 0 Å². The highest BCUT2D eigenvalue weighted by Gasteiger charge is 2.00. The monoisotopic (exact) mass is 253 g/mol. The molecular weight excluding hydrogens is 222 g/mol. The van der Waals surface area contributed by atoms with Crippen LogP contribution in [0.3, 0.4) is 0 Å². The van der Waals surface area contributed by atoms with Crippen LogP contribution >= 0.6 is 0 Å². The molecule has 0 radical (unpaired) electrons. The van der Waals surface area contributed by atoms with E-state index in [1.54, 1.807) is 7.05 Å². The van der Waals surface area contributed by atoms with Crippen molar-refractivity contribution in [2.75, 3.05) is 7.05 Å². The average Bonchev–Trinajstić information content (AvgIpc) is 2.52. The lowest BCUT2D eigenvalue weighted by molar-refractivity contribution is 0.0963. The van der Waals surface area contributed by atoms with Crippen LogP contribution in [0.2, 0.25) is 0 Å². The molecule has 1 amide bonds. The van der Waals surface area contributed by atoms with Gasteiger partial charge in [0, 0.05) is 12.6 Å². The fraction of sp³-hybridized carbons (Fsp3) is 0.562. The van der Waals surface area contributed by atoms with Crippen molar-refractivity contribution >= 4 is 5.91 Å². The van der Waals surface area contributed by atoms with Gasteiger partial charge in [0.25, 0.3) is 5.91 Å². The maximum Gasteiger partial charge on any atom is 0.251 e. The van der Waals surface area contributed by atoms with Gasteiger partial charge in [-0.3, -0.25) is 4.79 Å². The predicted octanol–water partition coefficient (Wildman–Crippen LogP) is 4.69. The number of carbonyl (C=O) groups is 1. The third kappa shape index (κ3) is 9.88. The van der Waals surface area contributed by atoms with E-state index in [2.05, 4.69) is 12.2 Å². The Morgan fingerprint density at radius 2 is 1.33 bits per heavy atom. The van der Waals surface area contributed by atoms with Crippen molar-refractivity contribution in [1.82, 2.24) is 5.32 Å². The van der Waals surface area contributed by atoms with Crippen LogP contribution < -0.4 is 5.32 Å². The number of rotatable bonds is 2. The topological polar surface area (TPSA) is 29.1 Å². The van der Waals surface area contributed by atoms with Gasteiger partial charge in [-0.1, -0.05) is 60.6 Å². The van der Waals surface area contributed by atoms with Crippen LogP contribution in [-0.4, -0.2) is 13.0 Å². The normalized spacial score (nSPS) is 7.33. The fourth-order valence-electron chi connectivity index (χ4n) is 1.04. The van der Waals surface area contributed by atoms with E-state index < -0.39 is 0 Å². The van der Waals surface area contributed by atoms with Crippen molar-refractivity contribution in [3.05, 3.63) is 35.4 Å². The Morgan fingerprint density at radius 3 is 1.61 bits per heavy atom. The minimum Gasteiger partial charge on any atom is -0.355 e. The molecule has 2 nitrogen and oxygen atoms in total. The van der Waals surface area contributed by atoms with E-state index >= 15 is 0 Å². The molecule has 18 heavy (non-hydrogen) atoms. The summed E-state index contributed by atoms with van der Waals surface area (Å²) >= 11 is 0. The largest absolute Gasteiger partial charge is 0.355 e. The smallest absolute Gasteiger partial charge is 0.251 e. The van der Waals surface area contributed by atoms with Crippen LogP contribution in [0, 0.1) is 0 Å². The second kappa shape index (κ2) is 18.1. The first-order chi connectivity index (χ1) is 8.77. The molecule has 1 aromatic carbocycles. The molecule has 1 rings (SSSR count). The zero-order valence-corrected chi connectivity index (χ0v) is 13.4. The Labute approximate surface area is 114 Å². The number of amides is 1. The van der Waals surface area contributed by atoms with Gasteiger partial charge in [-0.15, -0.1) is 0 Å². The van der Waals surface area contributed by atoms with Crippen molar-refractivity contribution < 1.29 is 4.79 Å². The maximum atomic E-state index is 11.1. The molecule has 106 valence electrons. The van der Waals surface area contributed by atoms with Gasteiger partial charge in [0.1, 0.15) is 0 Å². The van der Waals surface area contributed by atoms with Gasteiger partial charge in [0.05, 0.1) is 0 Å². The second-order valence-corrected chi connectivity index (χ2v) is 2.63. The summed E-state index contributed by atoms with van der Waals surface area (Å²) in [4.78, 5) is 11.1. The van der Waals surface area contributed by atoms with E-state index in [-0.39, 0.29) is 5.91 Å². The van der Waals surface area contributed by atoms with E-state index in [1.165, 1.54) is 5.56 Å². The molecule has 0 saturated heterocycles. The SMILES string of the molecule is CC.CC.CC.CCc1ccc(C(=O)NC)cc1. The Morgan fingerprint density at radius 1 is 0.944 bits per heavy atom. The summed E-state index contributed by atoms with van der Waals surface area (Å²) in [6.45, 7) is 14.1. The van der Waals surface area contributed by atoms with Gasteiger partial charge in [-0.25, -0.2) is 0 Å². The number of hydrogen-bond donors (Lipinski definition) is 1. The van der Waals surface area contributed by atoms with E-state index in [0.717, 1.165) is 12.0 Å². The number of hydrogen-bond acceptors (Lipinski definition) is 1. The molecule has 1 N–H and O–H groups in total. The lowest BCUT2D eigenvalue weighted by atomic mass is 10.1. The van der Waals surface area contributed by atoms with Gasteiger partial charge in [0.15, 0.2) is 0 Å². The zero-order chi connectivity index (χ0) is 15.0. The predicted molar refractivity (Wildman–Crippen MR) is 83.3 cm³/mol. The summed E-state index contributed by atoms with van der Waals surface area (Å²) in [6.07, 6.45) is 1.01. The van der Waals surface area contributed by atoms with E-state index in [1.807, 2.05) is 65.8 Å². The van der Waals surface area contributed by atoms with Gasteiger partial charge in [-0.2, -0.15) is 0 Å². The Kier molecular flexibility index (Phi) is 22.0. The lowest BCUT2D eigenvalue weighted by Crippen LogP contribution is -2.17. The van der Waals surface area contributed by atoms with Crippen molar-refractivity contribution in [2.45, 2.75) is 54.9 Å². The highest BCUT2D eigenvalue weighted by Crippen LogP contribution is 2.04.